The van der Waals surface area contributed by atoms with E-state index in [1.807, 2.05) is 25.1 Å². The van der Waals surface area contributed by atoms with Crippen LogP contribution >= 0.6 is 12.2 Å². The number of hydrogen-bond acceptors (Lipinski definition) is 4. The van der Waals surface area contributed by atoms with Crippen LogP contribution in [0.2, 0.25) is 0 Å². The Labute approximate surface area is 141 Å². The van der Waals surface area contributed by atoms with Gasteiger partial charge in [0.1, 0.15) is 0 Å². The second kappa shape index (κ2) is 12.6. The van der Waals surface area contributed by atoms with Gasteiger partial charge in [-0.1, -0.05) is 58.0 Å². The third-order valence-electron chi connectivity index (χ3n) is 2.90. The van der Waals surface area contributed by atoms with Crippen LogP contribution < -0.4 is 11.1 Å². The average Bonchev–Trinajstić information content (AvgIpc) is 2.45. The first-order valence-corrected chi connectivity index (χ1v) is 8.50. The smallest absolute Gasteiger partial charge is 0.167 e. The Morgan fingerprint density at radius 3 is 2.05 bits per heavy atom. The number of nitrogens with one attached hydrogen (secondary N) is 1. The molecule has 0 aromatic heterocycles. The van der Waals surface area contributed by atoms with Crippen molar-refractivity contribution in [2.45, 2.75) is 59.0 Å². The molecule has 22 heavy (non-hydrogen) atoms. The molecular weight excluding hydrogens is 292 g/mol. The quantitative estimate of drug-likeness (QED) is 0.747. The second-order valence-electron chi connectivity index (χ2n) is 5.77. The summed E-state index contributed by atoms with van der Waals surface area (Å²) in [5.74, 6) is 0.145. The first-order chi connectivity index (χ1) is 10.4. The van der Waals surface area contributed by atoms with E-state index in [1.165, 1.54) is 5.56 Å². The summed E-state index contributed by atoms with van der Waals surface area (Å²) in [7, 11) is 0. The zero-order valence-corrected chi connectivity index (χ0v) is 15.5. The lowest BCUT2D eigenvalue weighted by Gasteiger charge is -2.17. The zero-order valence-electron chi connectivity index (χ0n) is 14.6. The summed E-state index contributed by atoms with van der Waals surface area (Å²) in [5.41, 5.74) is 6.77. The van der Waals surface area contributed by atoms with E-state index in [2.05, 4.69) is 45.1 Å². The van der Waals surface area contributed by atoms with Gasteiger partial charge in [0.25, 0.3) is 0 Å². The van der Waals surface area contributed by atoms with Crippen LogP contribution in [-0.2, 0) is 4.74 Å². The van der Waals surface area contributed by atoms with Gasteiger partial charge in [-0.25, -0.2) is 0 Å². The van der Waals surface area contributed by atoms with Gasteiger partial charge < -0.3 is 15.8 Å². The van der Waals surface area contributed by atoms with E-state index >= 15 is 0 Å². The predicted molar refractivity (Wildman–Crippen MR) is 100 cm³/mol. The van der Waals surface area contributed by atoms with Crippen molar-refractivity contribution in [2.75, 3.05) is 13.2 Å². The van der Waals surface area contributed by atoms with Crippen LogP contribution in [0.1, 0.15) is 52.5 Å². The predicted octanol–water partition coefficient (Wildman–Crippen LogP) is 3.88. The minimum atomic E-state index is 0.145. The molecule has 0 bridgehead atoms. The Balaban J connectivity index is 0.000000534. The van der Waals surface area contributed by atoms with Crippen molar-refractivity contribution in [2.24, 2.45) is 5.73 Å². The molecule has 0 heterocycles. The van der Waals surface area contributed by atoms with Gasteiger partial charge in [0.15, 0.2) is 5.05 Å². The standard InChI is InChI=1S/C12H17NOS.C6H15N/c1-2-14-12(15)11(8-9-13)10-6-4-3-5-7-10;1-5(2)7-6(3)4/h3-7,11H,2,8-9,13H2,1H3;5-7H,1-4H3. The van der Waals surface area contributed by atoms with Crippen molar-refractivity contribution in [3.05, 3.63) is 35.9 Å². The minimum absolute atomic E-state index is 0.145. The van der Waals surface area contributed by atoms with Gasteiger partial charge in [0, 0.05) is 12.1 Å². The second-order valence-corrected chi connectivity index (χ2v) is 6.17. The fourth-order valence-corrected chi connectivity index (χ4v) is 2.55. The highest BCUT2D eigenvalue weighted by atomic mass is 32.1. The van der Waals surface area contributed by atoms with E-state index in [1.54, 1.807) is 0 Å². The highest BCUT2D eigenvalue weighted by molar-refractivity contribution is 7.80. The van der Waals surface area contributed by atoms with Crippen LogP contribution in [0.25, 0.3) is 0 Å². The molecule has 0 saturated heterocycles. The Kier molecular flexibility index (Phi) is 12.0. The summed E-state index contributed by atoms with van der Waals surface area (Å²) in [6, 6.07) is 11.4. The average molecular weight is 325 g/mol. The molecule has 0 aliphatic carbocycles. The molecule has 0 spiro atoms. The fourth-order valence-electron chi connectivity index (χ4n) is 2.18. The van der Waals surface area contributed by atoms with Crippen molar-refractivity contribution in [3.8, 4) is 0 Å². The van der Waals surface area contributed by atoms with E-state index in [0.29, 0.717) is 30.3 Å². The molecule has 3 nitrogen and oxygen atoms in total. The summed E-state index contributed by atoms with van der Waals surface area (Å²) in [6.07, 6.45) is 0.836. The van der Waals surface area contributed by atoms with Crippen LogP contribution in [0.4, 0.5) is 0 Å². The van der Waals surface area contributed by atoms with Gasteiger partial charge in [0.2, 0.25) is 0 Å². The Bertz CT molecular complexity index is 387. The summed E-state index contributed by atoms with van der Waals surface area (Å²) in [5, 5.41) is 3.95. The topological polar surface area (TPSA) is 47.3 Å². The molecule has 0 saturated carbocycles. The van der Waals surface area contributed by atoms with Crippen molar-refractivity contribution >= 4 is 17.3 Å². The van der Waals surface area contributed by atoms with E-state index in [9.17, 15) is 0 Å². The largest absolute Gasteiger partial charge is 0.487 e. The molecule has 1 unspecified atom stereocenters. The fraction of sp³-hybridized carbons (Fsp3) is 0.611. The zero-order chi connectivity index (χ0) is 17.0. The van der Waals surface area contributed by atoms with E-state index < -0.39 is 0 Å². The van der Waals surface area contributed by atoms with Crippen molar-refractivity contribution < 1.29 is 4.74 Å². The third kappa shape index (κ3) is 9.87. The maximum absolute atomic E-state index is 5.59. The molecule has 0 aliphatic rings. The van der Waals surface area contributed by atoms with E-state index in [4.69, 9.17) is 22.7 Å². The van der Waals surface area contributed by atoms with Crippen LogP contribution in [0, 0.1) is 0 Å². The third-order valence-corrected chi connectivity index (χ3v) is 3.30. The summed E-state index contributed by atoms with van der Waals surface area (Å²) in [4.78, 5) is 0. The summed E-state index contributed by atoms with van der Waals surface area (Å²) in [6.45, 7) is 11.8. The number of rotatable bonds is 7. The molecule has 0 radical (unpaired) electrons. The number of ether oxygens (including phenoxy) is 1. The molecule has 1 atom stereocenters. The lowest BCUT2D eigenvalue weighted by molar-refractivity contribution is 0.320. The first kappa shape index (κ1) is 21.0. The van der Waals surface area contributed by atoms with Gasteiger partial charge in [-0.3, -0.25) is 0 Å². The normalized spacial score (nSPS) is 11.8. The maximum Gasteiger partial charge on any atom is 0.167 e. The Hall–Kier alpha value is -0.970. The minimum Gasteiger partial charge on any atom is -0.487 e. The molecule has 0 aliphatic heterocycles. The van der Waals surface area contributed by atoms with Crippen molar-refractivity contribution in [1.29, 1.82) is 0 Å². The molecule has 1 aromatic carbocycles. The molecule has 1 rings (SSSR count). The number of thiocarbonyl (C=S) groups is 1. The number of nitrogens with two attached hydrogens (primary N) is 1. The van der Waals surface area contributed by atoms with Gasteiger partial charge in [-0.15, -0.1) is 0 Å². The van der Waals surface area contributed by atoms with Gasteiger partial charge in [0.05, 0.1) is 12.5 Å². The lowest BCUT2D eigenvalue weighted by Crippen LogP contribution is -2.29. The summed E-state index contributed by atoms with van der Waals surface area (Å²) < 4.78 is 5.39. The van der Waals surface area contributed by atoms with Crippen LogP contribution in [0.3, 0.4) is 0 Å². The van der Waals surface area contributed by atoms with Crippen LogP contribution in [-0.4, -0.2) is 30.3 Å². The molecule has 3 N–H and O–H groups in total. The monoisotopic (exact) mass is 324 g/mol. The number of benzene rings is 1. The van der Waals surface area contributed by atoms with Gasteiger partial charge in [-0.05, 0) is 37.7 Å². The molecular formula is C18H32N2OS. The summed E-state index contributed by atoms with van der Waals surface area (Å²) >= 11 is 5.24. The molecule has 126 valence electrons. The number of hydrogen-bond donors (Lipinski definition) is 2. The highest BCUT2D eigenvalue weighted by Gasteiger charge is 2.16. The van der Waals surface area contributed by atoms with E-state index in [0.717, 1.165) is 6.42 Å². The van der Waals surface area contributed by atoms with Crippen molar-refractivity contribution in [3.63, 3.8) is 0 Å². The van der Waals surface area contributed by atoms with Gasteiger partial charge in [-0.2, -0.15) is 0 Å². The molecule has 0 fully saturated rings. The Morgan fingerprint density at radius 1 is 1.14 bits per heavy atom. The highest BCUT2D eigenvalue weighted by Crippen LogP contribution is 2.21. The van der Waals surface area contributed by atoms with Gasteiger partial charge >= 0.3 is 0 Å². The molecule has 0 amide bonds. The lowest BCUT2D eigenvalue weighted by atomic mass is 9.96. The maximum atomic E-state index is 5.59. The first-order valence-electron chi connectivity index (χ1n) is 8.10. The Morgan fingerprint density at radius 2 is 1.68 bits per heavy atom. The van der Waals surface area contributed by atoms with E-state index in [-0.39, 0.29) is 5.92 Å². The SMILES string of the molecule is CC(C)NC(C)C.CCOC(=S)C(CCN)c1ccccc1. The van der Waals surface area contributed by atoms with Crippen molar-refractivity contribution in [1.82, 2.24) is 5.32 Å². The molecule has 4 heteroatoms. The van der Waals surface area contributed by atoms with Crippen LogP contribution in [0.5, 0.6) is 0 Å². The molecule has 1 aromatic rings. The van der Waals surface area contributed by atoms with Crippen LogP contribution in [0.15, 0.2) is 30.3 Å².